The predicted molar refractivity (Wildman–Crippen MR) is 116 cm³/mol. The lowest BCUT2D eigenvalue weighted by Gasteiger charge is -2.08. The van der Waals surface area contributed by atoms with Crippen LogP contribution >= 0.6 is 11.6 Å². The number of ether oxygens (including phenoxy) is 1. The Morgan fingerprint density at radius 1 is 0.862 bits per heavy atom. The second-order valence-corrected chi connectivity index (χ2v) is 7.89. The second-order valence-electron chi connectivity index (χ2n) is 7.48. The first kappa shape index (κ1) is 19.7. The number of halogens is 1. The minimum atomic E-state index is 0.0283. The molecule has 0 aromatic heterocycles. The summed E-state index contributed by atoms with van der Waals surface area (Å²) >= 11 is 6.25. The molecule has 1 aliphatic carbocycles. The van der Waals surface area contributed by atoms with Gasteiger partial charge in [0.05, 0.1) is 13.2 Å². The van der Waals surface area contributed by atoms with Crippen molar-refractivity contribution in [1.82, 2.24) is 5.32 Å². The lowest BCUT2D eigenvalue weighted by Crippen LogP contribution is -2.24. The first-order valence-electron chi connectivity index (χ1n) is 9.92. The van der Waals surface area contributed by atoms with Crippen molar-refractivity contribution in [3.8, 4) is 0 Å². The minimum Gasteiger partial charge on any atom is -0.372 e. The molecule has 4 rings (SSSR count). The molecular formula is C25H24ClNO2. The molecule has 0 radical (unpaired) electrons. The third kappa shape index (κ3) is 5.26. The van der Waals surface area contributed by atoms with Gasteiger partial charge in [0.15, 0.2) is 0 Å². The maximum Gasteiger partial charge on any atom is 0.224 e. The summed E-state index contributed by atoms with van der Waals surface area (Å²) in [6.07, 6.45) is 0.868. The molecule has 1 aliphatic rings. The number of benzene rings is 3. The molecule has 3 aromatic rings. The summed E-state index contributed by atoms with van der Waals surface area (Å²) in [6, 6.07) is 26.1. The highest BCUT2D eigenvalue weighted by Gasteiger charge is 2.44. The molecule has 1 fully saturated rings. The standard InChI is InChI=1S/C25H24ClNO2/c26-24-9-5-4-8-21(24)22-14-23(22)25(28)27-15-18-10-12-20(13-11-18)17-29-16-19-6-2-1-3-7-19/h1-13,22-23H,14-17H2,(H,27,28). The zero-order valence-electron chi connectivity index (χ0n) is 16.2. The summed E-state index contributed by atoms with van der Waals surface area (Å²) in [6.45, 7) is 1.71. The first-order valence-corrected chi connectivity index (χ1v) is 10.3. The van der Waals surface area contributed by atoms with E-state index in [4.69, 9.17) is 16.3 Å². The van der Waals surface area contributed by atoms with Crippen molar-refractivity contribution >= 4 is 17.5 Å². The van der Waals surface area contributed by atoms with E-state index in [0.717, 1.165) is 28.1 Å². The van der Waals surface area contributed by atoms with Crippen LogP contribution in [0, 0.1) is 5.92 Å². The molecule has 1 N–H and O–H groups in total. The van der Waals surface area contributed by atoms with Gasteiger partial charge in [0.1, 0.15) is 0 Å². The third-order valence-electron chi connectivity index (χ3n) is 5.30. The highest BCUT2D eigenvalue weighted by Crippen LogP contribution is 2.49. The second kappa shape index (κ2) is 9.25. The van der Waals surface area contributed by atoms with Crippen LogP contribution < -0.4 is 5.32 Å². The van der Waals surface area contributed by atoms with Crippen LogP contribution in [-0.2, 0) is 29.3 Å². The molecule has 0 spiro atoms. The number of carbonyl (C=O) groups excluding carboxylic acids is 1. The van der Waals surface area contributed by atoms with Crippen LogP contribution in [0.3, 0.4) is 0 Å². The van der Waals surface area contributed by atoms with E-state index in [9.17, 15) is 4.79 Å². The Hall–Kier alpha value is -2.62. The topological polar surface area (TPSA) is 38.3 Å². The molecule has 0 saturated heterocycles. The van der Waals surface area contributed by atoms with Gasteiger partial charge in [-0.1, -0.05) is 84.4 Å². The number of hydrogen-bond acceptors (Lipinski definition) is 2. The maximum absolute atomic E-state index is 12.4. The highest BCUT2D eigenvalue weighted by molar-refractivity contribution is 6.31. The highest BCUT2D eigenvalue weighted by atomic mass is 35.5. The van der Waals surface area contributed by atoms with Crippen molar-refractivity contribution in [2.45, 2.75) is 32.1 Å². The van der Waals surface area contributed by atoms with Gasteiger partial charge in [-0.05, 0) is 40.7 Å². The largest absolute Gasteiger partial charge is 0.372 e. The smallest absolute Gasteiger partial charge is 0.224 e. The number of rotatable bonds is 8. The van der Waals surface area contributed by atoms with Crippen LogP contribution in [0.5, 0.6) is 0 Å². The van der Waals surface area contributed by atoms with Crippen molar-refractivity contribution in [2.75, 3.05) is 0 Å². The number of amides is 1. The zero-order chi connectivity index (χ0) is 20.1. The Bertz CT molecular complexity index is 956. The lowest BCUT2D eigenvalue weighted by atomic mass is 10.1. The molecule has 2 atom stereocenters. The molecule has 29 heavy (non-hydrogen) atoms. The molecule has 0 heterocycles. The van der Waals surface area contributed by atoms with E-state index >= 15 is 0 Å². The summed E-state index contributed by atoms with van der Waals surface area (Å²) in [4.78, 5) is 12.4. The van der Waals surface area contributed by atoms with E-state index in [1.165, 1.54) is 5.56 Å². The van der Waals surface area contributed by atoms with Gasteiger partial charge in [-0.2, -0.15) is 0 Å². The van der Waals surface area contributed by atoms with Crippen molar-refractivity contribution in [1.29, 1.82) is 0 Å². The maximum atomic E-state index is 12.4. The molecule has 148 valence electrons. The molecular weight excluding hydrogens is 382 g/mol. The van der Waals surface area contributed by atoms with Gasteiger partial charge in [-0.25, -0.2) is 0 Å². The molecule has 4 heteroatoms. The fourth-order valence-electron chi connectivity index (χ4n) is 3.54. The third-order valence-corrected chi connectivity index (χ3v) is 5.65. The molecule has 3 nitrogen and oxygen atoms in total. The summed E-state index contributed by atoms with van der Waals surface area (Å²) in [5, 5.41) is 3.80. The lowest BCUT2D eigenvalue weighted by molar-refractivity contribution is -0.122. The van der Waals surface area contributed by atoms with Crippen LogP contribution in [-0.4, -0.2) is 5.91 Å². The molecule has 1 saturated carbocycles. The Balaban J connectivity index is 1.21. The van der Waals surface area contributed by atoms with Crippen molar-refractivity contribution < 1.29 is 9.53 Å². The molecule has 2 unspecified atom stereocenters. The van der Waals surface area contributed by atoms with E-state index < -0.39 is 0 Å². The predicted octanol–water partition coefficient (Wildman–Crippen LogP) is 5.48. The zero-order valence-corrected chi connectivity index (χ0v) is 16.9. The van der Waals surface area contributed by atoms with Gasteiger partial charge in [-0.3, -0.25) is 4.79 Å². The summed E-state index contributed by atoms with van der Waals surface area (Å²) in [5.41, 5.74) is 4.45. The molecule has 1 amide bonds. The van der Waals surface area contributed by atoms with Crippen molar-refractivity contribution in [2.24, 2.45) is 5.92 Å². The van der Waals surface area contributed by atoms with Gasteiger partial charge in [0.25, 0.3) is 0 Å². The van der Waals surface area contributed by atoms with Crippen LogP contribution in [0.2, 0.25) is 5.02 Å². The first-order chi connectivity index (χ1) is 14.2. The number of hydrogen-bond donors (Lipinski definition) is 1. The van der Waals surface area contributed by atoms with E-state index in [-0.39, 0.29) is 17.7 Å². The Morgan fingerprint density at radius 2 is 1.48 bits per heavy atom. The van der Waals surface area contributed by atoms with Crippen LogP contribution in [0.4, 0.5) is 0 Å². The Kier molecular flexibility index (Phi) is 6.28. The van der Waals surface area contributed by atoms with E-state index in [1.54, 1.807) is 0 Å². The average molecular weight is 406 g/mol. The van der Waals surface area contributed by atoms with Gasteiger partial charge in [-0.15, -0.1) is 0 Å². The fraction of sp³-hybridized carbons (Fsp3) is 0.240. The van der Waals surface area contributed by atoms with Crippen LogP contribution in [0.15, 0.2) is 78.9 Å². The van der Waals surface area contributed by atoms with Crippen molar-refractivity contribution in [3.63, 3.8) is 0 Å². The van der Waals surface area contributed by atoms with Gasteiger partial charge in [0, 0.05) is 17.5 Å². The number of nitrogens with one attached hydrogen (secondary N) is 1. The fourth-order valence-corrected chi connectivity index (χ4v) is 3.81. The van der Waals surface area contributed by atoms with Gasteiger partial charge >= 0.3 is 0 Å². The van der Waals surface area contributed by atoms with Gasteiger partial charge < -0.3 is 10.1 Å². The van der Waals surface area contributed by atoms with Crippen LogP contribution in [0.25, 0.3) is 0 Å². The van der Waals surface area contributed by atoms with Crippen molar-refractivity contribution in [3.05, 3.63) is 106 Å². The molecule has 0 bridgehead atoms. The van der Waals surface area contributed by atoms with Crippen LogP contribution in [0.1, 0.15) is 34.6 Å². The SMILES string of the molecule is O=C(NCc1ccc(COCc2ccccc2)cc1)C1CC1c1ccccc1Cl. The quantitative estimate of drug-likeness (QED) is 0.539. The minimum absolute atomic E-state index is 0.0283. The molecule has 0 aliphatic heterocycles. The summed E-state index contributed by atoms with van der Waals surface area (Å²) in [7, 11) is 0. The number of carbonyl (C=O) groups is 1. The summed E-state index contributed by atoms with van der Waals surface area (Å²) in [5.74, 6) is 0.374. The normalized spacial score (nSPS) is 17.7. The Morgan fingerprint density at radius 3 is 2.21 bits per heavy atom. The van der Waals surface area contributed by atoms with E-state index in [2.05, 4.69) is 29.6 Å². The van der Waals surface area contributed by atoms with E-state index in [0.29, 0.717) is 19.8 Å². The monoisotopic (exact) mass is 405 g/mol. The average Bonchev–Trinajstić information content (AvgIpc) is 3.55. The van der Waals surface area contributed by atoms with Gasteiger partial charge in [0.2, 0.25) is 5.91 Å². The van der Waals surface area contributed by atoms with E-state index in [1.807, 2.05) is 54.6 Å². The Labute approximate surface area is 176 Å². The molecule has 3 aromatic carbocycles. The summed E-state index contributed by atoms with van der Waals surface area (Å²) < 4.78 is 5.77.